The lowest BCUT2D eigenvalue weighted by Gasteiger charge is -2.19. The molecule has 1 saturated heterocycles. The molecule has 16 heteroatoms. The van der Waals surface area contributed by atoms with Gasteiger partial charge >= 0.3 is 0 Å². The Kier molecular flexibility index (Phi) is 6.62. The van der Waals surface area contributed by atoms with E-state index in [9.17, 15) is 28.7 Å². The first-order valence-corrected chi connectivity index (χ1v) is 13.5. The average Bonchev–Trinajstić information content (AvgIpc) is 3.56. The molecular weight excluding hydrogens is 540 g/mol. The molecule has 0 saturated carbocycles. The molecule has 4 aromatic rings. The van der Waals surface area contributed by atoms with Gasteiger partial charge in [0.1, 0.15) is 17.2 Å². The number of non-ortho nitro benzene ring substituents is 1. The highest BCUT2D eigenvalue weighted by atomic mass is 32.2. The molecule has 3 N–H and O–H groups in total. The molecule has 0 amide bonds. The van der Waals surface area contributed by atoms with E-state index < -0.39 is 45.7 Å². The number of rotatable bonds is 8. The minimum Gasteiger partial charge on any atom is -0.394 e. The van der Waals surface area contributed by atoms with E-state index in [-0.39, 0.29) is 16.3 Å². The molecule has 200 valence electrons. The fourth-order valence-electron chi connectivity index (χ4n) is 3.94. The van der Waals surface area contributed by atoms with Crippen molar-refractivity contribution in [1.29, 1.82) is 0 Å². The fourth-order valence-corrected chi connectivity index (χ4v) is 5.85. The Bertz CT molecular complexity index is 1580. The number of anilines is 1. The van der Waals surface area contributed by atoms with E-state index in [1.165, 1.54) is 15.9 Å². The molecule has 1 aliphatic rings. The highest BCUT2D eigenvalue weighted by molar-refractivity contribution is 7.92. The Morgan fingerprint density at radius 2 is 1.84 bits per heavy atom. The number of fused-ring (bicyclic) bond motifs is 1. The molecule has 2 aromatic heterocycles. The third-order valence-corrected chi connectivity index (χ3v) is 8.05. The molecular formula is C22H22N6O8S2. The first-order chi connectivity index (χ1) is 18.0. The molecule has 2 aromatic carbocycles. The number of aliphatic hydroxyl groups excluding tert-OH is 2. The first-order valence-electron chi connectivity index (χ1n) is 11.2. The van der Waals surface area contributed by atoms with Crippen LogP contribution in [0.3, 0.4) is 0 Å². The van der Waals surface area contributed by atoms with Gasteiger partial charge in [-0.05, 0) is 50.2 Å². The summed E-state index contributed by atoms with van der Waals surface area (Å²) in [5, 5.41) is 43.9. The number of aliphatic hydroxyl groups is 2. The van der Waals surface area contributed by atoms with Crippen molar-refractivity contribution in [2.75, 3.05) is 11.3 Å². The van der Waals surface area contributed by atoms with Crippen LogP contribution in [-0.4, -0.2) is 68.0 Å². The fraction of sp³-hybridized carbons (Fsp3) is 0.318. The maximum atomic E-state index is 12.7. The normalized spacial score (nSPS) is 20.0. The predicted octanol–water partition coefficient (Wildman–Crippen LogP) is 2.11. The molecule has 0 spiro atoms. The van der Waals surface area contributed by atoms with Crippen LogP contribution in [0.15, 0.2) is 53.4 Å². The Morgan fingerprint density at radius 1 is 1.16 bits per heavy atom. The Balaban J connectivity index is 1.37. The highest BCUT2D eigenvalue weighted by Crippen LogP contribution is 2.40. The van der Waals surface area contributed by atoms with Crippen LogP contribution in [0.5, 0.6) is 0 Å². The summed E-state index contributed by atoms with van der Waals surface area (Å²) in [5.74, 6) is -0.716. The number of nitro benzene ring substituents is 1. The van der Waals surface area contributed by atoms with E-state index in [4.69, 9.17) is 9.47 Å². The van der Waals surface area contributed by atoms with E-state index in [1.807, 2.05) is 0 Å². The maximum Gasteiger partial charge on any atom is 0.269 e. The number of benzene rings is 2. The Labute approximate surface area is 219 Å². The van der Waals surface area contributed by atoms with Crippen molar-refractivity contribution < 1.29 is 33.0 Å². The van der Waals surface area contributed by atoms with E-state index in [0.29, 0.717) is 21.4 Å². The van der Waals surface area contributed by atoms with Crippen LogP contribution in [-0.2, 0) is 19.5 Å². The zero-order valence-corrected chi connectivity index (χ0v) is 21.6. The number of hydrogen-bond acceptors (Lipinski definition) is 12. The van der Waals surface area contributed by atoms with Gasteiger partial charge in [-0.2, -0.15) is 9.61 Å². The summed E-state index contributed by atoms with van der Waals surface area (Å²) in [6, 6.07) is 11.0. The summed E-state index contributed by atoms with van der Waals surface area (Å²) in [6.45, 7) is 2.85. The Morgan fingerprint density at radius 3 is 2.47 bits per heavy atom. The van der Waals surface area contributed by atoms with Gasteiger partial charge in [-0.1, -0.05) is 11.3 Å². The summed E-state index contributed by atoms with van der Waals surface area (Å²) in [6.07, 6.45) is -2.90. The second-order valence-corrected chi connectivity index (χ2v) is 11.5. The van der Waals surface area contributed by atoms with E-state index >= 15 is 0 Å². The number of nitrogens with zero attached hydrogens (tertiary/aromatic N) is 5. The van der Waals surface area contributed by atoms with Gasteiger partial charge in [-0.3, -0.25) is 14.8 Å². The van der Waals surface area contributed by atoms with E-state index in [2.05, 4.69) is 20.0 Å². The van der Waals surface area contributed by atoms with Crippen molar-refractivity contribution in [3.8, 4) is 10.6 Å². The number of aromatic nitrogens is 4. The monoisotopic (exact) mass is 562 g/mol. The third kappa shape index (κ3) is 4.96. The Hall–Kier alpha value is -3.54. The molecule has 14 nitrogen and oxygen atoms in total. The highest BCUT2D eigenvalue weighted by Gasteiger charge is 2.47. The molecule has 0 bridgehead atoms. The van der Waals surface area contributed by atoms with Gasteiger partial charge in [-0.15, -0.1) is 10.2 Å². The predicted molar refractivity (Wildman–Crippen MR) is 134 cm³/mol. The quantitative estimate of drug-likeness (QED) is 0.210. The molecule has 1 aliphatic heterocycles. The molecule has 38 heavy (non-hydrogen) atoms. The van der Waals surface area contributed by atoms with Crippen LogP contribution in [0.1, 0.15) is 25.8 Å². The molecule has 0 unspecified atom stereocenters. The largest absolute Gasteiger partial charge is 0.394 e. The lowest BCUT2D eigenvalue weighted by molar-refractivity contribution is -0.384. The first kappa shape index (κ1) is 26.1. The van der Waals surface area contributed by atoms with Crippen LogP contribution >= 0.6 is 11.3 Å². The second-order valence-electron chi connectivity index (χ2n) is 8.86. The maximum absolute atomic E-state index is 12.7. The van der Waals surface area contributed by atoms with Crippen molar-refractivity contribution in [2.24, 2.45) is 0 Å². The standard InChI is InChI=1S/C22H22N6O8S2/c1-22(2)35-17(16(30)11-29)18(36-22)19-23-24-21-27(19)25-20(37-21)12-3-5-13(6-4-12)26-38(33,34)15-9-7-14(8-10-15)28(31)32/h3-10,16-18,26,29-30H,11H2,1-2H3/t16-,17-,18+/m1/s1. The minimum absolute atomic E-state index is 0.112. The molecule has 0 radical (unpaired) electrons. The summed E-state index contributed by atoms with van der Waals surface area (Å²) < 4.78 is 40.9. The lowest BCUT2D eigenvalue weighted by Crippen LogP contribution is -2.35. The summed E-state index contributed by atoms with van der Waals surface area (Å²) in [5.41, 5.74) is 0.758. The summed E-state index contributed by atoms with van der Waals surface area (Å²) >= 11 is 1.24. The van der Waals surface area contributed by atoms with Gasteiger partial charge in [0, 0.05) is 23.4 Å². The van der Waals surface area contributed by atoms with Crippen molar-refractivity contribution >= 4 is 37.7 Å². The van der Waals surface area contributed by atoms with E-state index in [1.54, 1.807) is 38.1 Å². The van der Waals surface area contributed by atoms with Crippen LogP contribution in [0.4, 0.5) is 11.4 Å². The smallest absolute Gasteiger partial charge is 0.269 e. The van der Waals surface area contributed by atoms with Crippen molar-refractivity contribution in [3.63, 3.8) is 0 Å². The van der Waals surface area contributed by atoms with Crippen LogP contribution in [0.25, 0.3) is 15.5 Å². The van der Waals surface area contributed by atoms with Crippen LogP contribution in [0, 0.1) is 10.1 Å². The zero-order valence-electron chi connectivity index (χ0n) is 20.0. The SMILES string of the molecule is CC1(C)O[C@H]([C@H](O)CO)[C@@H](c2nnc3sc(-c4ccc(NS(=O)(=O)c5ccc([N+](=O)[O-])cc5)cc4)nn23)O1. The van der Waals surface area contributed by atoms with Crippen molar-refractivity contribution in [2.45, 2.75) is 42.8 Å². The van der Waals surface area contributed by atoms with Gasteiger partial charge in [0.15, 0.2) is 17.7 Å². The van der Waals surface area contributed by atoms with Gasteiger partial charge < -0.3 is 19.7 Å². The average molecular weight is 563 g/mol. The van der Waals surface area contributed by atoms with Crippen molar-refractivity contribution in [3.05, 3.63) is 64.5 Å². The molecule has 5 rings (SSSR count). The number of hydrogen-bond donors (Lipinski definition) is 3. The van der Waals surface area contributed by atoms with Gasteiger partial charge in [-0.25, -0.2) is 8.42 Å². The molecule has 1 fully saturated rings. The topological polar surface area (TPSA) is 191 Å². The van der Waals surface area contributed by atoms with Gasteiger partial charge in [0.2, 0.25) is 4.96 Å². The van der Waals surface area contributed by atoms with Crippen LogP contribution < -0.4 is 4.72 Å². The molecule has 3 heterocycles. The second kappa shape index (κ2) is 9.64. The number of nitro groups is 1. The van der Waals surface area contributed by atoms with Crippen LogP contribution in [0.2, 0.25) is 0 Å². The molecule has 0 aliphatic carbocycles. The summed E-state index contributed by atoms with van der Waals surface area (Å²) in [4.78, 5) is 10.5. The molecule has 3 atom stereocenters. The summed E-state index contributed by atoms with van der Waals surface area (Å²) in [7, 11) is -3.96. The van der Waals surface area contributed by atoms with Gasteiger partial charge in [0.25, 0.3) is 15.7 Å². The zero-order chi connectivity index (χ0) is 27.2. The lowest BCUT2D eigenvalue weighted by atomic mass is 10.1. The van der Waals surface area contributed by atoms with Gasteiger partial charge in [0.05, 0.1) is 16.4 Å². The number of sulfonamides is 1. The van der Waals surface area contributed by atoms with E-state index in [0.717, 1.165) is 24.3 Å². The minimum atomic E-state index is -3.96. The van der Waals surface area contributed by atoms with Crippen molar-refractivity contribution in [1.82, 2.24) is 19.8 Å². The third-order valence-electron chi connectivity index (χ3n) is 5.71. The number of nitrogens with one attached hydrogen (secondary N) is 1. The number of ether oxygens (including phenoxy) is 2.